The van der Waals surface area contributed by atoms with Crippen LogP contribution in [-0.2, 0) is 24.1 Å². The number of nitrogens with zero attached hydrogens (tertiary/aromatic N) is 2. The van der Waals surface area contributed by atoms with Crippen LogP contribution in [0.3, 0.4) is 0 Å². The quantitative estimate of drug-likeness (QED) is 0.940. The summed E-state index contributed by atoms with van der Waals surface area (Å²) in [5, 5.41) is 2.82. The first-order valence-electron chi connectivity index (χ1n) is 7.44. The van der Waals surface area contributed by atoms with Gasteiger partial charge in [-0.25, -0.2) is 9.97 Å². The largest absolute Gasteiger partial charge is 0.309 e. The Labute approximate surface area is 124 Å². The fourth-order valence-electron chi connectivity index (χ4n) is 2.80. The molecule has 21 heavy (non-hydrogen) atoms. The van der Waals surface area contributed by atoms with Gasteiger partial charge in [-0.05, 0) is 24.8 Å². The van der Waals surface area contributed by atoms with Crippen LogP contribution >= 0.6 is 0 Å². The van der Waals surface area contributed by atoms with Gasteiger partial charge in [0.05, 0.1) is 17.1 Å². The van der Waals surface area contributed by atoms with Crippen LogP contribution in [0.15, 0.2) is 24.3 Å². The molecule has 4 nitrogen and oxygen atoms in total. The van der Waals surface area contributed by atoms with Gasteiger partial charge in [0.1, 0.15) is 0 Å². The second-order valence-corrected chi connectivity index (χ2v) is 5.40. The van der Waals surface area contributed by atoms with E-state index in [9.17, 15) is 4.79 Å². The van der Waals surface area contributed by atoms with Crippen molar-refractivity contribution in [3.05, 3.63) is 41.2 Å². The van der Waals surface area contributed by atoms with E-state index in [1.807, 2.05) is 6.07 Å². The van der Waals surface area contributed by atoms with E-state index >= 15 is 0 Å². The number of carbonyl (C=O) groups excluding carboxylic acids is 1. The van der Waals surface area contributed by atoms with Crippen molar-refractivity contribution in [2.24, 2.45) is 0 Å². The molecule has 0 unspecified atom stereocenters. The molecule has 108 valence electrons. The predicted molar refractivity (Wildman–Crippen MR) is 83.2 cm³/mol. The lowest BCUT2D eigenvalue weighted by Gasteiger charge is -2.20. The highest BCUT2D eigenvalue weighted by atomic mass is 16.1. The van der Waals surface area contributed by atoms with Crippen LogP contribution in [0, 0.1) is 0 Å². The molecule has 1 aromatic heterocycles. The lowest BCUT2D eigenvalue weighted by atomic mass is 9.91. The average molecular weight is 281 g/mol. The Bertz CT molecular complexity index is 694. The predicted octanol–water partition coefficient (Wildman–Crippen LogP) is 3.15. The topological polar surface area (TPSA) is 54.9 Å². The minimum atomic E-state index is -0.0992. The van der Waals surface area contributed by atoms with Gasteiger partial charge in [-0.15, -0.1) is 0 Å². The molecule has 0 spiro atoms. The number of anilines is 1. The van der Waals surface area contributed by atoms with Crippen LogP contribution < -0.4 is 5.32 Å². The molecule has 1 amide bonds. The zero-order chi connectivity index (χ0) is 14.8. The van der Waals surface area contributed by atoms with Crippen LogP contribution in [0.1, 0.15) is 37.2 Å². The maximum Gasteiger partial charge on any atom is 0.222 e. The summed E-state index contributed by atoms with van der Waals surface area (Å²) in [5.41, 5.74) is 5.35. The number of nitrogens with one attached hydrogen (secondary N) is 1. The van der Waals surface area contributed by atoms with Crippen molar-refractivity contribution in [2.45, 2.75) is 39.5 Å². The molecule has 1 heterocycles. The maximum absolute atomic E-state index is 11.4. The molecular formula is C17H19N3O. The summed E-state index contributed by atoms with van der Waals surface area (Å²) >= 11 is 0. The molecule has 4 heteroatoms. The molecule has 0 bridgehead atoms. The summed E-state index contributed by atoms with van der Waals surface area (Å²) < 4.78 is 0. The van der Waals surface area contributed by atoms with E-state index in [0.29, 0.717) is 5.82 Å². The van der Waals surface area contributed by atoms with Crippen LogP contribution in [0.5, 0.6) is 0 Å². The third-order valence-electron chi connectivity index (χ3n) is 3.73. The van der Waals surface area contributed by atoms with Gasteiger partial charge in [0.15, 0.2) is 5.82 Å². The zero-order valence-electron chi connectivity index (χ0n) is 12.4. The molecule has 0 saturated heterocycles. The molecule has 0 fully saturated rings. The molecule has 1 N–H and O–H groups in total. The first kappa shape index (κ1) is 13.7. The van der Waals surface area contributed by atoms with Crippen molar-refractivity contribution in [1.82, 2.24) is 9.97 Å². The number of amides is 1. The van der Waals surface area contributed by atoms with E-state index in [1.165, 1.54) is 18.1 Å². The highest BCUT2D eigenvalue weighted by Gasteiger charge is 2.21. The van der Waals surface area contributed by atoms with E-state index in [4.69, 9.17) is 4.98 Å². The summed E-state index contributed by atoms with van der Waals surface area (Å²) in [5.74, 6) is 0.528. The maximum atomic E-state index is 11.4. The highest BCUT2D eigenvalue weighted by molar-refractivity contribution is 5.88. The molecule has 0 atom stereocenters. The Morgan fingerprint density at radius 1 is 1.24 bits per heavy atom. The van der Waals surface area contributed by atoms with Crippen molar-refractivity contribution in [1.29, 1.82) is 0 Å². The smallest absolute Gasteiger partial charge is 0.222 e. The molecule has 1 aliphatic carbocycles. The Hall–Kier alpha value is -2.23. The summed E-state index contributed by atoms with van der Waals surface area (Å²) in [6.07, 6.45) is 3.64. The van der Waals surface area contributed by atoms with Crippen molar-refractivity contribution in [3.63, 3.8) is 0 Å². The first-order chi connectivity index (χ1) is 10.2. The number of hydrogen-bond donors (Lipinski definition) is 1. The van der Waals surface area contributed by atoms with Crippen LogP contribution in [0.25, 0.3) is 11.3 Å². The summed E-state index contributed by atoms with van der Waals surface area (Å²) in [6.45, 7) is 3.61. The molecule has 2 aromatic rings. The number of aryl methyl sites for hydroxylation is 3. The standard InChI is InChI=1S/C17H19N3O/c1-3-6-15-17(18-11(2)21)20-14-10-9-12-7-4-5-8-13(12)16(14)19-15/h4-5,7-8H,3,6,9-10H2,1-2H3,(H,18,20,21). The Morgan fingerprint density at radius 3 is 2.81 bits per heavy atom. The first-order valence-corrected chi connectivity index (χ1v) is 7.44. The second-order valence-electron chi connectivity index (χ2n) is 5.40. The summed E-state index contributed by atoms with van der Waals surface area (Å²) in [6, 6.07) is 8.36. The minimum Gasteiger partial charge on any atom is -0.309 e. The Kier molecular flexibility index (Phi) is 3.69. The molecule has 0 radical (unpaired) electrons. The summed E-state index contributed by atoms with van der Waals surface area (Å²) in [7, 11) is 0. The van der Waals surface area contributed by atoms with Crippen molar-refractivity contribution >= 4 is 11.7 Å². The molecule has 0 aliphatic heterocycles. The van der Waals surface area contributed by atoms with Gasteiger partial charge in [-0.3, -0.25) is 4.79 Å². The van der Waals surface area contributed by atoms with Gasteiger partial charge in [-0.1, -0.05) is 37.6 Å². The van der Waals surface area contributed by atoms with Crippen LogP contribution in [0.2, 0.25) is 0 Å². The number of hydrogen-bond acceptors (Lipinski definition) is 3. The monoisotopic (exact) mass is 281 g/mol. The SMILES string of the molecule is CCCc1nc2c(nc1NC(C)=O)CCc1ccccc1-2. The number of carbonyl (C=O) groups is 1. The molecule has 0 saturated carbocycles. The fourth-order valence-corrected chi connectivity index (χ4v) is 2.80. The summed E-state index contributed by atoms with van der Waals surface area (Å²) in [4.78, 5) is 20.9. The normalized spacial score (nSPS) is 12.5. The molecule has 1 aliphatic rings. The van der Waals surface area contributed by atoms with Crippen molar-refractivity contribution in [3.8, 4) is 11.3 Å². The van der Waals surface area contributed by atoms with Crippen molar-refractivity contribution in [2.75, 3.05) is 5.32 Å². The van der Waals surface area contributed by atoms with E-state index < -0.39 is 0 Å². The van der Waals surface area contributed by atoms with Gasteiger partial charge in [0.25, 0.3) is 0 Å². The van der Waals surface area contributed by atoms with Gasteiger partial charge < -0.3 is 5.32 Å². The van der Waals surface area contributed by atoms with Crippen LogP contribution in [0.4, 0.5) is 5.82 Å². The second kappa shape index (κ2) is 5.64. The fraction of sp³-hybridized carbons (Fsp3) is 0.353. The molecular weight excluding hydrogens is 262 g/mol. The van der Waals surface area contributed by atoms with Gasteiger partial charge in [-0.2, -0.15) is 0 Å². The third-order valence-corrected chi connectivity index (χ3v) is 3.73. The number of aromatic nitrogens is 2. The lowest BCUT2D eigenvalue weighted by Crippen LogP contribution is -2.16. The highest BCUT2D eigenvalue weighted by Crippen LogP contribution is 2.32. The van der Waals surface area contributed by atoms with Gasteiger partial charge >= 0.3 is 0 Å². The third kappa shape index (κ3) is 2.66. The van der Waals surface area contributed by atoms with Crippen LogP contribution in [-0.4, -0.2) is 15.9 Å². The van der Waals surface area contributed by atoms with E-state index in [0.717, 1.165) is 42.8 Å². The number of benzene rings is 1. The average Bonchev–Trinajstić information content (AvgIpc) is 2.47. The van der Waals surface area contributed by atoms with E-state index in [2.05, 4.69) is 35.4 Å². The minimum absolute atomic E-state index is 0.0992. The number of rotatable bonds is 3. The molecule has 3 rings (SSSR count). The lowest BCUT2D eigenvalue weighted by molar-refractivity contribution is -0.114. The van der Waals surface area contributed by atoms with Crippen molar-refractivity contribution < 1.29 is 4.79 Å². The zero-order valence-corrected chi connectivity index (χ0v) is 12.4. The van der Waals surface area contributed by atoms with Gasteiger partial charge in [0.2, 0.25) is 5.91 Å². The number of fused-ring (bicyclic) bond motifs is 3. The van der Waals surface area contributed by atoms with Gasteiger partial charge in [0, 0.05) is 12.5 Å². The van der Waals surface area contributed by atoms with E-state index in [1.54, 1.807) is 0 Å². The Morgan fingerprint density at radius 2 is 2.05 bits per heavy atom. The molecule has 1 aromatic carbocycles. The Balaban J connectivity index is 2.12. The van der Waals surface area contributed by atoms with E-state index in [-0.39, 0.29) is 5.91 Å².